The molecule has 0 aromatic rings. The summed E-state index contributed by atoms with van der Waals surface area (Å²) in [7, 11) is 0. The number of ether oxygens (including phenoxy) is 1. The molecule has 0 saturated carbocycles. The Labute approximate surface area is 91.9 Å². The second-order valence-electron chi connectivity index (χ2n) is 3.47. The van der Waals surface area contributed by atoms with Gasteiger partial charge in [-0.25, -0.2) is 0 Å². The zero-order valence-electron chi connectivity index (χ0n) is 8.48. The number of hydrogen-bond donors (Lipinski definition) is 1. The smallest absolute Gasteiger partial charge is 0.378 e. The van der Waals surface area contributed by atoms with Gasteiger partial charge in [-0.2, -0.15) is 13.2 Å². The molecule has 6 heteroatoms. The second kappa shape index (κ2) is 6.60. The van der Waals surface area contributed by atoms with Crippen molar-refractivity contribution in [2.75, 3.05) is 25.4 Å². The van der Waals surface area contributed by atoms with Gasteiger partial charge in [0, 0.05) is 18.9 Å². The van der Waals surface area contributed by atoms with Crippen LogP contribution in [0.1, 0.15) is 19.3 Å². The minimum absolute atomic E-state index is 0.0225. The average Bonchev–Trinajstić information content (AvgIpc) is 2.61. The third-order valence-electron chi connectivity index (χ3n) is 2.21. The Hall–Kier alpha value is 0.0600. The Morgan fingerprint density at radius 1 is 1.33 bits per heavy atom. The van der Waals surface area contributed by atoms with Crippen molar-refractivity contribution in [1.82, 2.24) is 5.32 Å². The molecule has 0 spiro atoms. The van der Waals surface area contributed by atoms with E-state index in [0.717, 1.165) is 32.4 Å². The van der Waals surface area contributed by atoms with Crippen molar-refractivity contribution in [2.45, 2.75) is 30.9 Å². The maximum Gasteiger partial charge on any atom is 0.441 e. The molecule has 0 amide bonds. The summed E-state index contributed by atoms with van der Waals surface area (Å²) in [4.78, 5) is 0. The van der Waals surface area contributed by atoms with E-state index in [4.69, 9.17) is 4.74 Å². The van der Waals surface area contributed by atoms with Gasteiger partial charge in [0.2, 0.25) is 0 Å². The van der Waals surface area contributed by atoms with Crippen LogP contribution in [0.4, 0.5) is 13.2 Å². The van der Waals surface area contributed by atoms with Gasteiger partial charge in [0.1, 0.15) is 0 Å². The number of alkyl halides is 3. The molecule has 1 N–H and O–H groups in total. The van der Waals surface area contributed by atoms with Crippen LogP contribution in [0.5, 0.6) is 0 Å². The zero-order chi connectivity index (χ0) is 11.1. The minimum Gasteiger partial charge on any atom is -0.378 e. The van der Waals surface area contributed by atoms with Gasteiger partial charge in [0.15, 0.2) is 0 Å². The molecule has 1 fully saturated rings. The zero-order valence-corrected chi connectivity index (χ0v) is 9.29. The summed E-state index contributed by atoms with van der Waals surface area (Å²) in [6, 6.07) is 0. The molecule has 0 aliphatic carbocycles. The first-order valence-corrected chi connectivity index (χ1v) is 6.09. The Balaban J connectivity index is 1.84. The van der Waals surface area contributed by atoms with Crippen LogP contribution >= 0.6 is 11.8 Å². The Morgan fingerprint density at radius 2 is 2.13 bits per heavy atom. The molecular formula is C9H16F3NOS. The van der Waals surface area contributed by atoms with E-state index in [2.05, 4.69) is 5.32 Å². The molecule has 0 radical (unpaired) electrons. The molecule has 1 unspecified atom stereocenters. The normalized spacial score (nSPS) is 22.2. The van der Waals surface area contributed by atoms with Crippen LogP contribution in [-0.4, -0.2) is 37.1 Å². The molecule has 1 saturated heterocycles. The van der Waals surface area contributed by atoms with E-state index in [1.807, 2.05) is 0 Å². The molecule has 90 valence electrons. The molecular weight excluding hydrogens is 227 g/mol. The lowest BCUT2D eigenvalue weighted by molar-refractivity contribution is -0.0327. The van der Waals surface area contributed by atoms with E-state index in [1.165, 1.54) is 0 Å². The summed E-state index contributed by atoms with van der Waals surface area (Å²) in [5.41, 5.74) is -4.10. The largest absolute Gasteiger partial charge is 0.441 e. The van der Waals surface area contributed by atoms with Crippen molar-refractivity contribution in [3.05, 3.63) is 0 Å². The average molecular weight is 243 g/mol. The molecule has 0 aromatic carbocycles. The summed E-state index contributed by atoms with van der Waals surface area (Å²) in [6.07, 6.45) is 3.40. The van der Waals surface area contributed by atoms with Crippen molar-refractivity contribution in [2.24, 2.45) is 0 Å². The van der Waals surface area contributed by atoms with E-state index < -0.39 is 5.51 Å². The topological polar surface area (TPSA) is 21.3 Å². The first kappa shape index (κ1) is 13.1. The van der Waals surface area contributed by atoms with Crippen LogP contribution in [0.15, 0.2) is 0 Å². The molecule has 1 heterocycles. The lowest BCUT2D eigenvalue weighted by Crippen LogP contribution is -2.23. The summed E-state index contributed by atoms with van der Waals surface area (Å²) in [5.74, 6) is 0.0784. The van der Waals surface area contributed by atoms with Crippen LogP contribution in [0.2, 0.25) is 0 Å². The van der Waals surface area contributed by atoms with Gasteiger partial charge in [0.25, 0.3) is 0 Å². The van der Waals surface area contributed by atoms with Gasteiger partial charge in [0.05, 0.1) is 6.10 Å². The highest BCUT2D eigenvalue weighted by atomic mass is 32.2. The molecule has 0 aromatic heterocycles. The van der Waals surface area contributed by atoms with Crippen molar-refractivity contribution in [1.29, 1.82) is 0 Å². The van der Waals surface area contributed by atoms with Crippen LogP contribution in [-0.2, 0) is 4.74 Å². The predicted molar refractivity (Wildman–Crippen MR) is 55.0 cm³/mol. The minimum atomic E-state index is -4.10. The SMILES string of the molecule is FC(F)(F)SCCNCCC1CCCO1. The van der Waals surface area contributed by atoms with Crippen LogP contribution in [0.25, 0.3) is 0 Å². The van der Waals surface area contributed by atoms with Crippen LogP contribution < -0.4 is 5.32 Å². The number of hydrogen-bond acceptors (Lipinski definition) is 3. The third-order valence-corrected chi connectivity index (χ3v) is 2.95. The molecule has 1 aliphatic rings. The van der Waals surface area contributed by atoms with Gasteiger partial charge < -0.3 is 10.1 Å². The molecule has 15 heavy (non-hydrogen) atoms. The fourth-order valence-corrected chi connectivity index (χ4v) is 1.98. The van der Waals surface area contributed by atoms with Gasteiger partial charge in [-0.05, 0) is 37.6 Å². The highest BCUT2D eigenvalue weighted by molar-refractivity contribution is 8.00. The van der Waals surface area contributed by atoms with E-state index in [1.54, 1.807) is 0 Å². The standard InChI is InChI=1S/C9H16F3NOS/c10-9(11,12)15-7-5-13-4-3-8-2-1-6-14-8/h8,13H,1-7H2. The van der Waals surface area contributed by atoms with E-state index >= 15 is 0 Å². The summed E-state index contributed by atoms with van der Waals surface area (Å²) in [6.45, 7) is 1.97. The van der Waals surface area contributed by atoms with E-state index in [-0.39, 0.29) is 17.5 Å². The molecule has 1 aliphatic heterocycles. The highest BCUT2D eigenvalue weighted by Gasteiger charge is 2.27. The van der Waals surface area contributed by atoms with Crippen molar-refractivity contribution in [3.8, 4) is 0 Å². The lowest BCUT2D eigenvalue weighted by Gasteiger charge is -2.10. The molecule has 0 bridgehead atoms. The Bertz CT molecular complexity index is 171. The summed E-state index contributed by atoms with van der Waals surface area (Å²) < 4.78 is 40.6. The Morgan fingerprint density at radius 3 is 2.73 bits per heavy atom. The van der Waals surface area contributed by atoms with Crippen molar-refractivity contribution in [3.63, 3.8) is 0 Å². The monoisotopic (exact) mass is 243 g/mol. The quantitative estimate of drug-likeness (QED) is 0.724. The maximum atomic E-state index is 11.7. The fourth-order valence-electron chi connectivity index (χ4n) is 1.50. The number of rotatable bonds is 6. The van der Waals surface area contributed by atoms with Gasteiger partial charge in [-0.3, -0.25) is 0 Å². The molecule has 2 nitrogen and oxygen atoms in total. The van der Waals surface area contributed by atoms with Gasteiger partial charge in [-0.1, -0.05) is 0 Å². The highest BCUT2D eigenvalue weighted by Crippen LogP contribution is 2.29. The second-order valence-corrected chi connectivity index (χ2v) is 4.63. The summed E-state index contributed by atoms with van der Waals surface area (Å²) >= 11 is 0.0225. The molecule has 1 atom stereocenters. The number of nitrogens with one attached hydrogen (secondary N) is 1. The Kier molecular flexibility index (Phi) is 5.78. The van der Waals surface area contributed by atoms with Gasteiger partial charge in [-0.15, -0.1) is 0 Å². The van der Waals surface area contributed by atoms with Crippen LogP contribution in [0, 0.1) is 0 Å². The molecule has 1 rings (SSSR count). The van der Waals surface area contributed by atoms with Crippen LogP contribution in [0.3, 0.4) is 0 Å². The fraction of sp³-hybridized carbons (Fsp3) is 1.00. The van der Waals surface area contributed by atoms with Gasteiger partial charge >= 0.3 is 5.51 Å². The van der Waals surface area contributed by atoms with E-state index in [9.17, 15) is 13.2 Å². The lowest BCUT2D eigenvalue weighted by atomic mass is 10.2. The van der Waals surface area contributed by atoms with Crippen molar-refractivity contribution >= 4 is 11.8 Å². The summed E-state index contributed by atoms with van der Waals surface area (Å²) in [5, 5.41) is 2.98. The third kappa shape index (κ3) is 7.03. The number of thioether (sulfide) groups is 1. The predicted octanol–water partition coefficient (Wildman–Crippen LogP) is 2.40. The first-order valence-electron chi connectivity index (χ1n) is 5.11. The maximum absolute atomic E-state index is 11.7. The van der Waals surface area contributed by atoms with E-state index in [0.29, 0.717) is 12.6 Å². The number of halogens is 3. The van der Waals surface area contributed by atoms with Crippen molar-refractivity contribution < 1.29 is 17.9 Å². The first-order chi connectivity index (χ1) is 7.08.